The molecule has 1 aromatic heterocycles. The first-order valence-corrected chi connectivity index (χ1v) is 5.63. The first-order valence-electron chi connectivity index (χ1n) is 5.63. The zero-order chi connectivity index (χ0) is 13.8. The lowest BCUT2D eigenvalue weighted by Gasteiger charge is -2.10. The molecule has 0 aliphatic rings. The normalized spacial score (nSPS) is 10.2. The molecule has 0 unspecified atom stereocenters. The Morgan fingerprint density at radius 3 is 2.89 bits per heavy atom. The fourth-order valence-corrected chi connectivity index (χ4v) is 1.68. The Hall–Kier alpha value is -2.43. The van der Waals surface area contributed by atoms with Gasteiger partial charge in [0.05, 0.1) is 0 Å². The van der Waals surface area contributed by atoms with E-state index in [4.69, 9.17) is 9.84 Å². The van der Waals surface area contributed by atoms with Crippen molar-refractivity contribution in [3.8, 4) is 5.75 Å². The number of pyridine rings is 1. The molecule has 5 heteroatoms. The highest BCUT2D eigenvalue weighted by Crippen LogP contribution is 2.23. The molecule has 0 saturated heterocycles. The van der Waals surface area contributed by atoms with Gasteiger partial charge in [-0.25, -0.2) is 9.18 Å². The van der Waals surface area contributed by atoms with Gasteiger partial charge < -0.3 is 9.84 Å². The van der Waals surface area contributed by atoms with Crippen LogP contribution in [-0.2, 0) is 6.61 Å². The van der Waals surface area contributed by atoms with Gasteiger partial charge in [-0.2, -0.15) is 0 Å². The van der Waals surface area contributed by atoms with Crippen LogP contribution in [0.15, 0.2) is 36.7 Å². The van der Waals surface area contributed by atoms with Gasteiger partial charge in [0.2, 0.25) is 0 Å². The summed E-state index contributed by atoms with van der Waals surface area (Å²) < 4.78 is 18.9. The number of hydrogen-bond acceptors (Lipinski definition) is 3. The molecule has 0 atom stereocenters. The molecule has 0 aliphatic heterocycles. The molecule has 2 rings (SSSR count). The van der Waals surface area contributed by atoms with E-state index in [0.29, 0.717) is 0 Å². The van der Waals surface area contributed by atoms with Gasteiger partial charge in [-0.3, -0.25) is 4.98 Å². The molecule has 4 nitrogen and oxygen atoms in total. The first-order chi connectivity index (χ1) is 9.08. The van der Waals surface area contributed by atoms with E-state index in [-0.39, 0.29) is 17.9 Å². The Labute approximate surface area is 109 Å². The van der Waals surface area contributed by atoms with Gasteiger partial charge in [0.1, 0.15) is 12.2 Å². The molecule has 1 N–H and O–H groups in total. The second-order valence-corrected chi connectivity index (χ2v) is 4.08. The molecule has 0 radical (unpaired) electrons. The van der Waals surface area contributed by atoms with Crippen LogP contribution in [0.4, 0.5) is 4.39 Å². The van der Waals surface area contributed by atoms with E-state index in [0.717, 1.165) is 17.2 Å². The second-order valence-electron chi connectivity index (χ2n) is 4.08. The summed E-state index contributed by atoms with van der Waals surface area (Å²) in [5.74, 6) is -2.17. The molecule has 0 spiro atoms. The molecule has 0 bridgehead atoms. The Morgan fingerprint density at radius 2 is 2.21 bits per heavy atom. The van der Waals surface area contributed by atoms with Crippen molar-refractivity contribution in [1.29, 1.82) is 0 Å². The Balaban J connectivity index is 2.22. The van der Waals surface area contributed by atoms with Gasteiger partial charge in [-0.15, -0.1) is 0 Å². The average Bonchev–Trinajstić information content (AvgIpc) is 2.37. The van der Waals surface area contributed by atoms with E-state index in [2.05, 4.69) is 4.98 Å². The molecule has 19 heavy (non-hydrogen) atoms. The minimum Gasteiger partial charge on any atom is -0.485 e. The monoisotopic (exact) mass is 261 g/mol. The molecule has 2 aromatic rings. The van der Waals surface area contributed by atoms with Crippen LogP contribution in [0.25, 0.3) is 0 Å². The smallest absolute Gasteiger partial charge is 0.339 e. The predicted octanol–water partition coefficient (Wildman–Crippen LogP) is 2.81. The van der Waals surface area contributed by atoms with Crippen molar-refractivity contribution >= 4 is 5.97 Å². The summed E-state index contributed by atoms with van der Waals surface area (Å²) in [6.07, 6.45) is 3.28. The maximum atomic E-state index is 13.6. The maximum absolute atomic E-state index is 13.6. The van der Waals surface area contributed by atoms with Crippen LogP contribution in [0.1, 0.15) is 21.5 Å². The van der Waals surface area contributed by atoms with Gasteiger partial charge in [0.25, 0.3) is 0 Å². The molecule has 0 amide bonds. The number of carboxylic acid groups (broad SMARTS) is 1. The number of carbonyl (C=O) groups is 1. The highest BCUT2D eigenvalue weighted by molar-refractivity contribution is 5.90. The largest absolute Gasteiger partial charge is 0.485 e. The van der Waals surface area contributed by atoms with Crippen molar-refractivity contribution in [2.75, 3.05) is 0 Å². The lowest BCUT2D eigenvalue weighted by molar-refractivity contribution is 0.0690. The van der Waals surface area contributed by atoms with E-state index in [1.54, 1.807) is 12.4 Å². The number of aromatic carboxylic acids is 1. The Kier molecular flexibility index (Phi) is 3.75. The number of carboxylic acids is 1. The van der Waals surface area contributed by atoms with Gasteiger partial charge >= 0.3 is 5.97 Å². The highest BCUT2D eigenvalue weighted by Gasteiger charge is 2.15. The number of aryl methyl sites for hydroxylation is 1. The highest BCUT2D eigenvalue weighted by atomic mass is 19.1. The molecule has 98 valence electrons. The van der Waals surface area contributed by atoms with Crippen LogP contribution in [0.2, 0.25) is 0 Å². The molecule has 0 aliphatic carbocycles. The van der Waals surface area contributed by atoms with Crippen molar-refractivity contribution in [3.05, 3.63) is 59.2 Å². The molecule has 1 heterocycles. The second kappa shape index (κ2) is 5.48. The summed E-state index contributed by atoms with van der Waals surface area (Å²) in [4.78, 5) is 15.0. The number of hydrogen-bond donors (Lipinski definition) is 1. The molecule has 0 saturated carbocycles. The minimum atomic E-state index is -1.23. The summed E-state index contributed by atoms with van der Waals surface area (Å²) in [5.41, 5.74) is 1.51. The number of nitrogens with zero attached hydrogens (tertiary/aromatic N) is 1. The van der Waals surface area contributed by atoms with Crippen molar-refractivity contribution in [2.24, 2.45) is 0 Å². The molecule has 0 fully saturated rings. The van der Waals surface area contributed by atoms with Crippen LogP contribution in [0.3, 0.4) is 0 Å². The topological polar surface area (TPSA) is 59.4 Å². The SMILES string of the molecule is Cc1cncc(COc2c(F)cccc2C(=O)O)c1. The predicted molar refractivity (Wildman–Crippen MR) is 66.7 cm³/mol. The summed E-state index contributed by atoms with van der Waals surface area (Å²) in [6.45, 7) is 1.94. The van der Waals surface area contributed by atoms with Crippen molar-refractivity contribution < 1.29 is 19.0 Å². The standard InChI is InChI=1S/C14H12FNO3/c1-9-5-10(7-16-6-9)8-19-13-11(14(17)18)3-2-4-12(13)15/h2-7H,8H2,1H3,(H,17,18). The molecular weight excluding hydrogens is 249 g/mol. The fourth-order valence-electron chi connectivity index (χ4n) is 1.68. The van der Waals surface area contributed by atoms with Crippen molar-refractivity contribution in [2.45, 2.75) is 13.5 Å². The van der Waals surface area contributed by atoms with Crippen molar-refractivity contribution in [1.82, 2.24) is 4.98 Å². The number of para-hydroxylation sites is 1. The fraction of sp³-hybridized carbons (Fsp3) is 0.143. The van der Waals surface area contributed by atoms with E-state index >= 15 is 0 Å². The first kappa shape index (κ1) is 13.0. The van der Waals surface area contributed by atoms with Crippen LogP contribution in [-0.4, -0.2) is 16.1 Å². The molecule has 1 aromatic carbocycles. The summed E-state index contributed by atoms with van der Waals surface area (Å²) in [7, 11) is 0. The average molecular weight is 261 g/mol. The maximum Gasteiger partial charge on any atom is 0.339 e. The lowest BCUT2D eigenvalue weighted by atomic mass is 10.2. The number of rotatable bonds is 4. The summed E-state index contributed by atoms with van der Waals surface area (Å²) in [6, 6.07) is 5.64. The van der Waals surface area contributed by atoms with E-state index in [1.807, 2.05) is 13.0 Å². The van der Waals surface area contributed by atoms with E-state index in [1.165, 1.54) is 12.1 Å². The third kappa shape index (κ3) is 3.07. The third-order valence-corrected chi connectivity index (χ3v) is 2.51. The van der Waals surface area contributed by atoms with Gasteiger partial charge in [-0.1, -0.05) is 6.07 Å². The Bertz CT molecular complexity index is 613. The van der Waals surface area contributed by atoms with Gasteiger partial charge in [0, 0.05) is 18.0 Å². The lowest BCUT2D eigenvalue weighted by Crippen LogP contribution is -2.05. The van der Waals surface area contributed by atoms with Crippen LogP contribution in [0, 0.1) is 12.7 Å². The van der Waals surface area contributed by atoms with Crippen molar-refractivity contribution in [3.63, 3.8) is 0 Å². The number of aromatic nitrogens is 1. The zero-order valence-corrected chi connectivity index (χ0v) is 10.3. The van der Waals surface area contributed by atoms with E-state index < -0.39 is 11.8 Å². The number of halogens is 1. The van der Waals surface area contributed by atoms with E-state index in [9.17, 15) is 9.18 Å². The minimum absolute atomic E-state index is 0.0654. The molecular formula is C14H12FNO3. The Morgan fingerprint density at radius 1 is 1.42 bits per heavy atom. The van der Waals surface area contributed by atoms with Crippen LogP contribution >= 0.6 is 0 Å². The summed E-state index contributed by atoms with van der Waals surface area (Å²) in [5, 5.41) is 8.97. The van der Waals surface area contributed by atoms with Gasteiger partial charge in [-0.05, 0) is 30.7 Å². The summed E-state index contributed by atoms with van der Waals surface area (Å²) >= 11 is 0. The zero-order valence-electron chi connectivity index (χ0n) is 10.3. The number of ether oxygens (including phenoxy) is 1. The van der Waals surface area contributed by atoms with Crippen LogP contribution in [0.5, 0.6) is 5.75 Å². The number of benzene rings is 1. The van der Waals surface area contributed by atoms with Crippen LogP contribution < -0.4 is 4.74 Å². The quantitative estimate of drug-likeness (QED) is 0.919. The third-order valence-electron chi connectivity index (χ3n) is 2.51. The van der Waals surface area contributed by atoms with Gasteiger partial charge in [0.15, 0.2) is 11.6 Å².